The number of nitrogens with zero attached hydrogens (tertiary/aromatic N) is 1. The molecule has 0 aromatic heterocycles. The largest absolute Gasteiger partial charge is 0.497 e. The zero-order valence-electron chi connectivity index (χ0n) is 13.2. The normalized spacial score (nSPS) is 10.6. The van der Waals surface area contributed by atoms with Crippen molar-refractivity contribution in [2.75, 3.05) is 27.8 Å². The lowest BCUT2D eigenvalue weighted by Gasteiger charge is -2.14. The SMILES string of the molecule is CCCCNC(=NC)NCc1ccc(OC)cc1OC.I. The summed E-state index contributed by atoms with van der Waals surface area (Å²) in [5.74, 6) is 2.40. The number of halogens is 1. The van der Waals surface area contributed by atoms with Crippen LogP contribution < -0.4 is 20.1 Å². The summed E-state index contributed by atoms with van der Waals surface area (Å²) in [6, 6.07) is 5.79. The molecular weight excluding hydrogens is 381 g/mol. The molecule has 0 aliphatic rings. The molecule has 0 spiro atoms. The third-order valence-electron chi connectivity index (χ3n) is 2.99. The van der Waals surface area contributed by atoms with Gasteiger partial charge in [-0.25, -0.2) is 0 Å². The number of aliphatic imine (C=N–C) groups is 1. The summed E-state index contributed by atoms with van der Waals surface area (Å²) in [4.78, 5) is 4.19. The molecule has 6 heteroatoms. The monoisotopic (exact) mass is 407 g/mol. The number of hydrogen-bond acceptors (Lipinski definition) is 3. The second-order valence-electron chi connectivity index (χ2n) is 4.38. The van der Waals surface area contributed by atoms with Crippen molar-refractivity contribution in [3.8, 4) is 11.5 Å². The molecule has 2 N–H and O–H groups in total. The summed E-state index contributed by atoms with van der Waals surface area (Å²) >= 11 is 0. The Labute approximate surface area is 144 Å². The predicted octanol–water partition coefficient (Wildman–Crippen LogP) is 2.79. The highest BCUT2D eigenvalue weighted by Gasteiger charge is 2.05. The van der Waals surface area contributed by atoms with Crippen LogP contribution in [0.4, 0.5) is 0 Å². The first kappa shape index (κ1) is 19.8. The Bertz CT molecular complexity index is 439. The standard InChI is InChI=1S/C15H25N3O2.HI/c1-5-6-9-17-15(16-2)18-11-12-7-8-13(19-3)10-14(12)20-4;/h7-8,10H,5-6,9,11H2,1-4H3,(H2,16,17,18);1H. The van der Waals surface area contributed by atoms with Crippen LogP contribution in [0.3, 0.4) is 0 Å². The number of hydrogen-bond donors (Lipinski definition) is 2. The Balaban J connectivity index is 0.00000400. The van der Waals surface area contributed by atoms with Crippen molar-refractivity contribution in [3.63, 3.8) is 0 Å². The van der Waals surface area contributed by atoms with Crippen molar-refractivity contribution < 1.29 is 9.47 Å². The lowest BCUT2D eigenvalue weighted by molar-refractivity contribution is 0.390. The maximum Gasteiger partial charge on any atom is 0.191 e. The van der Waals surface area contributed by atoms with Crippen LogP contribution in [0.1, 0.15) is 25.3 Å². The number of nitrogens with one attached hydrogen (secondary N) is 2. The molecule has 0 unspecified atom stereocenters. The smallest absolute Gasteiger partial charge is 0.191 e. The van der Waals surface area contributed by atoms with E-state index in [0.29, 0.717) is 6.54 Å². The van der Waals surface area contributed by atoms with Gasteiger partial charge in [0.15, 0.2) is 5.96 Å². The van der Waals surface area contributed by atoms with Gasteiger partial charge in [-0.3, -0.25) is 4.99 Å². The number of benzene rings is 1. The fourth-order valence-corrected chi connectivity index (χ4v) is 1.78. The zero-order chi connectivity index (χ0) is 14.8. The second-order valence-corrected chi connectivity index (χ2v) is 4.38. The molecule has 0 amide bonds. The third-order valence-corrected chi connectivity index (χ3v) is 2.99. The van der Waals surface area contributed by atoms with Gasteiger partial charge in [-0.15, -0.1) is 24.0 Å². The van der Waals surface area contributed by atoms with E-state index in [9.17, 15) is 0 Å². The summed E-state index contributed by atoms with van der Waals surface area (Å²) in [6.45, 7) is 3.75. The van der Waals surface area contributed by atoms with E-state index in [2.05, 4.69) is 22.5 Å². The van der Waals surface area contributed by atoms with Crippen molar-refractivity contribution in [1.82, 2.24) is 10.6 Å². The maximum atomic E-state index is 5.37. The average Bonchev–Trinajstić information content (AvgIpc) is 2.50. The van der Waals surface area contributed by atoms with Crippen LogP contribution in [0.25, 0.3) is 0 Å². The highest BCUT2D eigenvalue weighted by Crippen LogP contribution is 2.24. The highest BCUT2D eigenvalue weighted by atomic mass is 127. The fourth-order valence-electron chi connectivity index (χ4n) is 1.78. The molecule has 0 heterocycles. The minimum atomic E-state index is 0. The zero-order valence-corrected chi connectivity index (χ0v) is 15.6. The number of unbranched alkanes of at least 4 members (excludes halogenated alkanes) is 1. The molecule has 1 aromatic carbocycles. The molecule has 0 aliphatic carbocycles. The van der Waals surface area contributed by atoms with E-state index >= 15 is 0 Å². The molecule has 0 atom stereocenters. The Morgan fingerprint density at radius 2 is 1.95 bits per heavy atom. The summed E-state index contributed by atoms with van der Waals surface area (Å²) < 4.78 is 10.6. The Morgan fingerprint density at radius 1 is 1.19 bits per heavy atom. The summed E-state index contributed by atoms with van der Waals surface area (Å²) in [5, 5.41) is 6.55. The van der Waals surface area contributed by atoms with Gasteiger partial charge in [-0.2, -0.15) is 0 Å². The van der Waals surface area contributed by atoms with Crippen molar-refractivity contribution >= 4 is 29.9 Å². The Kier molecular flexibility index (Phi) is 10.8. The van der Waals surface area contributed by atoms with Gasteiger partial charge >= 0.3 is 0 Å². The molecule has 0 saturated carbocycles. The van der Waals surface area contributed by atoms with E-state index in [-0.39, 0.29) is 24.0 Å². The minimum Gasteiger partial charge on any atom is -0.497 e. The number of methoxy groups -OCH3 is 2. The lowest BCUT2D eigenvalue weighted by atomic mass is 10.2. The molecule has 1 aromatic rings. The highest BCUT2D eigenvalue weighted by molar-refractivity contribution is 14.0. The van der Waals surface area contributed by atoms with E-state index in [1.807, 2.05) is 18.2 Å². The van der Waals surface area contributed by atoms with E-state index in [1.54, 1.807) is 21.3 Å². The van der Waals surface area contributed by atoms with E-state index < -0.39 is 0 Å². The van der Waals surface area contributed by atoms with Crippen LogP contribution >= 0.6 is 24.0 Å². The molecule has 0 aliphatic heterocycles. The van der Waals surface area contributed by atoms with Gasteiger partial charge < -0.3 is 20.1 Å². The lowest BCUT2D eigenvalue weighted by Crippen LogP contribution is -2.37. The van der Waals surface area contributed by atoms with Gasteiger partial charge in [-0.05, 0) is 18.6 Å². The molecular formula is C15H26IN3O2. The van der Waals surface area contributed by atoms with Gasteiger partial charge in [0.2, 0.25) is 0 Å². The van der Waals surface area contributed by atoms with Gasteiger partial charge in [0.1, 0.15) is 11.5 Å². The molecule has 0 saturated heterocycles. The molecule has 120 valence electrons. The molecule has 0 bridgehead atoms. The van der Waals surface area contributed by atoms with Gasteiger partial charge in [0.25, 0.3) is 0 Å². The Morgan fingerprint density at radius 3 is 2.52 bits per heavy atom. The Hall–Kier alpha value is -1.18. The third kappa shape index (κ3) is 6.88. The molecule has 1 rings (SSSR count). The second kappa shape index (κ2) is 11.5. The summed E-state index contributed by atoms with van der Waals surface area (Å²) in [7, 11) is 5.07. The van der Waals surface area contributed by atoms with Crippen LogP contribution in [-0.2, 0) is 6.54 Å². The molecule has 0 radical (unpaired) electrons. The van der Waals surface area contributed by atoms with Crippen molar-refractivity contribution in [2.24, 2.45) is 4.99 Å². The van der Waals surface area contributed by atoms with E-state index in [4.69, 9.17) is 9.47 Å². The first-order valence-electron chi connectivity index (χ1n) is 6.90. The number of guanidine groups is 1. The summed E-state index contributed by atoms with van der Waals surface area (Å²) in [6.07, 6.45) is 2.29. The van der Waals surface area contributed by atoms with E-state index in [1.165, 1.54) is 0 Å². The number of rotatable bonds is 7. The summed E-state index contributed by atoms with van der Waals surface area (Å²) in [5.41, 5.74) is 1.06. The first-order valence-corrected chi connectivity index (χ1v) is 6.90. The van der Waals surface area contributed by atoms with Crippen molar-refractivity contribution in [2.45, 2.75) is 26.3 Å². The van der Waals surface area contributed by atoms with Gasteiger partial charge in [0.05, 0.1) is 14.2 Å². The van der Waals surface area contributed by atoms with Gasteiger partial charge in [-0.1, -0.05) is 13.3 Å². The van der Waals surface area contributed by atoms with Crippen molar-refractivity contribution in [1.29, 1.82) is 0 Å². The topological polar surface area (TPSA) is 54.9 Å². The van der Waals surface area contributed by atoms with Crippen LogP contribution in [0, 0.1) is 0 Å². The van der Waals surface area contributed by atoms with Crippen LogP contribution in [-0.4, -0.2) is 33.8 Å². The van der Waals surface area contributed by atoms with E-state index in [0.717, 1.165) is 42.4 Å². The quantitative estimate of drug-likeness (QED) is 0.316. The van der Waals surface area contributed by atoms with Crippen LogP contribution in [0.15, 0.2) is 23.2 Å². The molecule has 21 heavy (non-hydrogen) atoms. The van der Waals surface area contributed by atoms with Crippen LogP contribution in [0.5, 0.6) is 11.5 Å². The maximum absolute atomic E-state index is 5.37. The first-order chi connectivity index (χ1) is 9.74. The van der Waals surface area contributed by atoms with Gasteiger partial charge in [0, 0.05) is 31.8 Å². The number of ether oxygens (including phenoxy) is 2. The molecule has 0 fully saturated rings. The average molecular weight is 407 g/mol. The fraction of sp³-hybridized carbons (Fsp3) is 0.533. The van der Waals surface area contributed by atoms with Crippen molar-refractivity contribution in [3.05, 3.63) is 23.8 Å². The van der Waals surface area contributed by atoms with Crippen LogP contribution in [0.2, 0.25) is 0 Å². The molecule has 5 nitrogen and oxygen atoms in total. The minimum absolute atomic E-state index is 0. The predicted molar refractivity (Wildman–Crippen MR) is 98.1 cm³/mol.